The Kier molecular flexibility index (Phi) is 7.49. The first-order chi connectivity index (χ1) is 14.9. The summed E-state index contributed by atoms with van der Waals surface area (Å²) in [6.45, 7) is 2.31. The average molecular weight is 431 g/mol. The molecule has 31 heavy (non-hydrogen) atoms. The molecular formula is C22H29N3O6. The number of pyridine rings is 1. The van der Waals surface area contributed by atoms with Gasteiger partial charge in [0.15, 0.2) is 0 Å². The number of rotatable bonds is 8. The van der Waals surface area contributed by atoms with E-state index in [1.807, 2.05) is 18.3 Å². The fraction of sp³-hybridized carbons (Fsp3) is 0.545. The van der Waals surface area contributed by atoms with Gasteiger partial charge in [0, 0.05) is 31.8 Å². The number of aliphatic carboxylic acids is 1. The zero-order valence-corrected chi connectivity index (χ0v) is 17.7. The SMILES string of the molecule is CCc1ccc(O[C@H]2CC[C@H](CN3CCC(O)=C(C(=O)NCC(=O)O)C3=O)CC2)nc1. The van der Waals surface area contributed by atoms with Crippen molar-refractivity contribution in [2.45, 2.75) is 51.6 Å². The van der Waals surface area contributed by atoms with E-state index in [1.54, 1.807) is 4.90 Å². The summed E-state index contributed by atoms with van der Waals surface area (Å²) in [7, 11) is 0. The van der Waals surface area contributed by atoms with Gasteiger partial charge in [-0.1, -0.05) is 13.0 Å². The van der Waals surface area contributed by atoms with E-state index in [9.17, 15) is 19.5 Å². The predicted octanol–water partition coefficient (Wildman–Crippen LogP) is 1.83. The summed E-state index contributed by atoms with van der Waals surface area (Å²) in [5.74, 6) is -2.00. The molecule has 2 heterocycles. The van der Waals surface area contributed by atoms with Crippen LogP contribution in [0.1, 0.15) is 44.6 Å². The minimum absolute atomic E-state index is 0.0922. The van der Waals surface area contributed by atoms with E-state index >= 15 is 0 Å². The predicted molar refractivity (Wildman–Crippen MR) is 111 cm³/mol. The number of hydrogen-bond acceptors (Lipinski definition) is 6. The number of carboxylic acid groups (broad SMARTS) is 1. The van der Waals surface area contributed by atoms with Crippen molar-refractivity contribution in [1.29, 1.82) is 0 Å². The van der Waals surface area contributed by atoms with Crippen LogP contribution in [-0.4, -0.2) is 63.6 Å². The normalized spacial score (nSPS) is 21.7. The second-order valence-corrected chi connectivity index (χ2v) is 8.02. The van der Waals surface area contributed by atoms with E-state index in [0.717, 1.165) is 32.1 Å². The second kappa shape index (κ2) is 10.3. The van der Waals surface area contributed by atoms with Gasteiger partial charge in [-0.3, -0.25) is 14.4 Å². The van der Waals surface area contributed by atoms with Gasteiger partial charge in [-0.05, 0) is 43.6 Å². The summed E-state index contributed by atoms with van der Waals surface area (Å²) in [4.78, 5) is 41.4. The van der Waals surface area contributed by atoms with Crippen molar-refractivity contribution in [2.75, 3.05) is 19.6 Å². The highest BCUT2D eigenvalue weighted by atomic mass is 16.5. The van der Waals surface area contributed by atoms with Crippen LogP contribution in [0.3, 0.4) is 0 Å². The third-order valence-corrected chi connectivity index (χ3v) is 5.80. The van der Waals surface area contributed by atoms with E-state index in [-0.39, 0.29) is 29.8 Å². The van der Waals surface area contributed by atoms with Crippen molar-refractivity contribution < 1.29 is 29.3 Å². The number of carboxylic acids is 1. The number of amides is 2. The van der Waals surface area contributed by atoms with Crippen LogP contribution in [-0.2, 0) is 20.8 Å². The smallest absolute Gasteiger partial charge is 0.322 e. The summed E-state index contributed by atoms with van der Waals surface area (Å²) in [6, 6.07) is 3.91. The fourth-order valence-corrected chi connectivity index (χ4v) is 4.00. The van der Waals surface area contributed by atoms with Gasteiger partial charge < -0.3 is 25.2 Å². The van der Waals surface area contributed by atoms with Crippen molar-refractivity contribution in [3.63, 3.8) is 0 Å². The van der Waals surface area contributed by atoms with Gasteiger partial charge >= 0.3 is 5.97 Å². The Morgan fingerprint density at radius 3 is 2.61 bits per heavy atom. The minimum atomic E-state index is -1.22. The lowest BCUT2D eigenvalue weighted by Gasteiger charge is -2.34. The molecule has 0 atom stereocenters. The summed E-state index contributed by atoms with van der Waals surface area (Å²) in [6.07, 6.45) is 6.53. The van der Waals surface area contributed by atoms with Crippen LogP contribution in [0.25, 0.3) is 0 Å². The van der Waals surface area contributed by atoms with E-state index in [1.165, 1.54) is 5.56 Å². The lowest BCUT2D eigenvalue weighted by Crippen LogP contribution is -2.45. The average Bonchev–Trinajstić information content (AvgIpc) is 2.76. The molecule has 0 radical (unpaired) electrons. The van der Waals surface area contributed by atoms with Gasteiger partial charge in [0.25, 0.3) is 11.8 Å². The standard InChI is InChI=1S/C22H29N3O6/c1-2-14-5-8-18(23-11-14)31-16-6-3-15(4-7-16)13-25-10-9-17(26)20(22(25)30)21(29)24-12-19(27)28/h5,8,11,15-16,26H,2-4,6-7,9-10,12-13H2,1H3,(H,24,29)(H,27,28)/t15-,16-. The molecule has 0 saturated heterocycles. The van der Waals surface area contributed by atoms with Gasteiger partial charge in [-0.25, -0.2) is 4.98 Å². The van der Waals surface area contributed by atoms with E-state index < -0.39 is 24.3 Å². The number of nitrogens with one attached hydrogen (secondary N) is 1. The van der Waals surface area contributed by atoms with Crippen LogP contribution < -0.4 is 10.1 Å². The molecule has 9 heteroatoms. The monoisotopic (exact) mass is 431 g/mol. The quantitative estimate of drug-likeness (QED) is 0.536. The Hall–Kier alpha value is -3.10. The van der Waals surface area contributed by atoms with Crippen LogP contribution in [0.15, 0.2) is 29.7 Å². The molecule has 1 aliphatic heterocycles. The zero-order chi connectivity index (χ0) is 22.4. The largest absolute Gasteiger partial charge is 0.511 e. The van der Waals surface area contributed by atoms with E-state index in [0.29, 0.717) is 19.0 Å². The molecule has 0 spiro atoms. The summed E-state index contributed by atoms with van der Waals surface area (Å²) >= 11 is 0. The van der Waals surface area contributed by atoms with Crippen molar-refractivity contribution in [2.24, 2.45) is 5.92 Å². The number of hydrogen-bond donors (Lipinski definition) is 3. The Morgan fingerprint density at radius 1 is 1.26 bits per heavy atom. The molecule has 1 saturated carbocycles. The Morgan fingerprint density at radius 2 is 2.00 bits per heavy atom. The third kappa shape index (κ3) is 5.96. The maximum atomic E-state index is 12.7. The molecule has 1 aromatic heterocycles. The second-order valence-electron chi connectivity index (χ2n) is 8.02. The van der Waals surface area contributed by atoms with Gasteiger partial charge in [0.05, 0.1) is 0 Å². The van der Waals surface area contributed by atoms with Crippen LogP contribution in [0.2, 0.25) is 0 Å². The Balaban J connectivity index is 1.50. The summed E-state index contributed by atoms with van der Waals surface area (Å²) < 4.78 is 5.99. The van der Waals surface area contributed by atoms with Crippen LogP contribution in [0.5, 0.6) is 5.88 Å². The molecule has 2 amide bonds. The van der Waals surface area contributed by atoms with E-state index in [4.69, 9.17) is 9.84 Å². The zero-order valence-electron chi connectivity index (χ0n) is 17.7. The molecule has 0 unspecified atom stereocenters. The highest BCUT2D eigenvalue weighted by molar-refractivity contribution is 6.19. The van der Waals surface area contributed by atoms with Crippen LogP contribution >= 0.6 is 0 Å². The number of carbonyl (C=O) groups excluding carboxylic acids is 2. The lowest BCUT2D eigenvalue weighted by molar-refractivity contribution is -0.138. The topological polar surface area (TPSA) is 129 Å². The number of aliphatic hydroxyl groups excluding tert-OH is 1. The van der Waals surface area contributed by atoms with Crippen molar-refractivity contribution in [3.05, 3.63) is 35.2 Å². The highest BCUT2D eigenvalue weighted by Gasteiger charge is 2.34. The third-order valence-electron chi connectivity index (χ3n) is 5.80. The molecule has 2 aliphatic rings. The first-order valence-corrected chi connectivity index (χ1v) is 10.7. The van der Waals surface area contributed by atoms with Crippen molar-refractivity contribution in [1.82, 2.24) is 15.2 Å². The molecule has 168 valence electrons. The molecule has 1 aromatic rings. The molecule has 1 fully saturated rings. The van der Waals surface area contributed by atoms with Gasteiger partial charge in [0.1, 0.15) is 24.0 Å². The molecule has 9 nitrogen and oxygen atoms in total. The Bertz CT molecular complexity index is 843. The molecule has 0 aromatic carbocycles. The number of aromatic nitrogens is 1. The number of aliphatic hydroxyl groups is 1. The summed E-state index contributed by atoms with van der Waals surface area (Å²) in [5.41, 5.74) is 0.810. The van der Waals surface area contributed by atoms with Gasteiger partial charge in [0.2, 0.25) is 5.88 Å². The molecule has 3 N–H and O–H groups in total. The van der Waals surface area contributed by atoms with Crippen LogP contribution in [0.4, 0.5) is 0 Å². The fourth-order valence-electron chi connectivity index (χ4n) is 4.00. The maximum Gasteiger partial charge on any atom is 0.322 e. The number of nitrogens with zero attached hydrogens (tertiary/aromatic N) is 2. The molecule has 3 rings (SSSR count). The molecular weight excluding hydrogens is 402 g/mol. The van der Waals surface area contributed by atoms with Gasteiger partial charge in [-0.2, -0.15) is 0 Å². The van der Waals surface area contributed by atoms with Crippen molar-refractivity contribution in [3.8, 4) is 5.88 Å². The molecule has 0 bridgehead atoms. The van der Waals surface area contributed by atoms with E-state index in [2.05, 4.69) is 17.2 Å². The highest BCUT2D eigenvalue weighted by Crippen LogP contribution is 2.29. The first kappa shape index (κ1) is 22.6. The first-order valence-electron chi connectivity index (χ1n) is 10.7. The Labute approximate surface area is 181 Å². The minimum Gasteiger partial charge on any atom is -0.511 e. The van der Waals surface area contributed by atoms with Crippen LogP contribution in [0, 0.1) is 5.92 Å². The summed E-state index contributed by atoms with van der Waals surface area (Å²) in [5, 5.41) is 20.9. The maximum absolute atomic E-state index is 12.7. The number of carbonyl (C=O) groups is 3. The number of ether oxygens (including phenoxy) is 1. The van der Waals surface area contributed by atoms with Gasteiger partial charge in [-0.15, -0.1) is 0 Å². The number of aryl methyl sites for hydroxylation is 1. The molecule has 1 aliphatic carbocycles. The van der Waals surface area contributed by atoms with Crippen molar-refractivity contribution >= 4 is 17.8 Å². The lowest BCUT2D eigenvalue weighted by atomic mass is 9.86.